The van der Waals surface area contributed by atoms with Crippen LogP contribution in [0.2, 0.25) is 0 Å². The molecule has 2 aromatic heterocycles. The lowest BCUT2D eigenvalue weighted by Crippen LogP contribution is -2.24. The Balaban J connectivity index is 1.97. The molecule has 0 aromatic carbocycles. The first-order valence-electron chi connectivity index (χ1n) is 5.36. The zero-order chi connectivity index (χ0) is 12.1. The summed E-state index contributed by atoms with van der Waals surface area (Å²) in [6, 6.07) is 3.44. The van der Waals surface area contributed by atoms with E-state index in [9.17, 15) is 4.79 Å². The van der Waals surface area contributed by atoms with Gasteiger partial charge in [0, 0.05) is 18.9 Å². The Morgan fingerprint density at radius 3 is 3.12 bits per heavy atom. The Hall–Kier alpha value is -2.24. The van der Waals surface area contributed by atoms with Gasteiger partial charge in [0.15, 0.2) is 5.82 Å². The molecule has 6 nitrogen and oxygen atoms in total. The Kier molecular flexibility index (Phi) is 3.44. The molecule has 0 spiro atoms. The van der Waals surface area contributed by atoms with Gasteiger partial charge in [0.25, 0.3) is 5.91 Å². The van der Waals surface area contributed by atoms with Gasteiger partial charge in [-0.2, -0.15) is 0 Å². The molecule has 0 bridgehead atoms. The molecule has 0 saturated heterocycles. The second-order valence-corrected chi connectivity index (χ2v) is 3.46. The van der Waals surface area contributed by atoms with E-state index in [0.29, 0.717) is 12.1 Å². The highest BCUT2D eigenvalue weighted by atomic mass is 16.1. The standard InChI is InChI=1S/C11H13N5O/c1-2-16-8-14-15-10(16)7-13-11(17)9-4-3-5-12-6-9/h3-6,8H,2,7H2,1H3,(H,13,17). The number of nitrogens with zero attached hydrogens (tertiary/aromatic N) is 4. The lowest BCUT2D eigenvalue weighted by molar-refractivity contribution is 0.0949. The van der Waals surface area contributed by atoms with Gasteiger partial charge in [-0.05, 0) is 19.1 Å². The van der Waals surface area contributed by atoms with E-state index in [-0.39, 0.29) is 5.91 Å². The zero-order valence-electron chi connectivity index (χ0n) is 9.50. The molecule has 88 valence electrons. The number of aryl methyl sites for hydroxylation is 1. The fraction of sp³-hybridized carbons (Fsp3) is 0.273. The molecule has 0 aliphatic heterocycles. The molecule has 2 aromatic rings. The van der Waals surface area contributed by atoms with E-state index >= 15 is 0 Å². The summed E-state index contributed by atoms with van der Waals surface area (Å²) in [7, 11) is 0. The van der Waals surface area contributed by atoms with Crippen LogP contribution in [0.25, 0.3) is 0 Å². The van der Waals surface area contributed by atoms with Crippen molar-refractivity contribution in [1.29, 1.82) is 0 Å². The molecule has 17 heavy (non-hydrogen) atoms. The predicted octanol–water partition coefficient (Wildman–Crippen LogP) is 0.623. The van der Waals surface area contributed by atoms with Crippen LogP contribution in [0.3, 0.4) is 0 Å². The van der Waals surface area contributed by atoms with Crippen molar-refractivity contribution in [3.63, 3.8) is 0 Å². The molecule has 0 unspecified atom stereocenters. The first kappa shape index (κ1) is 11.3. The van der Waals surface area contributed by atoms with Gasteiger partial charge in [-0.15, -0.1) is 10.2 Å². The molecule has 0 radical (unpaired) electrons. The monoisotopic (exact) mass is 231 g/mol. The van der Waals surface area contributed by atoms with Crippen LogP contribution >= 0.6 is 0 Å². The number of aromatic nitrogens is 4. The number of nitrogens with one attached hydrogen (secondary N) is 1. The van der Waals surface area contributed by atoms with Crippen LogP contribution in [-0.2, 0) is 13.1 Å². The van der Waals surface area contributed by atoms with Gasteiger partial charge >= 0.3 is 0 Å². The van der Waals surface area contributed by atoms with Gasteiger partial charge in [0.05, 0.1) is 12.1 Å². The van der Waals surface area contributed by atoms with Crippen LogP contribution in [0.1, 0.15) is 23.1 Å². The van der Waals surface area contributed by atoms with Gasteiger partial charge in [-0.25, -0.2) is 0 Å². The number of rotatable bonds is 4. The second kappa shape index (κ2) is 5.20. The van der Waals surface area contributed by atoms with Gasteiger partial charge in [-0.1, -0.05) is 0 Å². The number of carbonyl (C=O) groups is 1. The van der Waals surface area contributed by atoms with Crippen molar-refractivity contribution in [2.75, 3.05) is 0 Å². The van der Waals surface area contributed by atoms with Crippen molar-refractivity contribution >= 4 is 5.91 Å². The number of carbonyl (C=O) groups excluding carboxylic acids is 1. The third-order valence-electron chi connectivity index (χ3n) is 2.37. The highest BCUT2D eigenvalue weighted by molar-refractivity contribution is 5.93. The van der Waals surface area contributed by atoms with Gasteiger partial charge in [-0.3, -0.25) is 9.78 Å². The normalized spacial score (nSPS) is 10.2. The van der Waals surface area contributed by atoms with Crippen molar-refractivity contribution in [3.05, 3.63) is 42.2 Å². The van der Waals surface area contributed by atoms with E-state index in [1.807, 2.05) is 11.5 Å². The number of pyridine rings is 1. The van der Waals surface area contributed by atoms with E-state index in [2.05, 4.69) is 20.5 Å². The average molecular weight is 231 g/mol. The molecule has 0 fully saturated rings. The van der Waals surface area contributed by atoms with Crippen LogP contribution in [0.5, 0.6) is 0 Å². The Morgan fingerprint density at radius 2 is 2.41 bits per heavy atom. The maximum absolute atomic E-state index is 11.7. The molecule has 2 heterocycles. The average Bonchev–Trinajstić information content (AvgIpc) is 2.84. The smallest absolute Gasteiger partial charge is 0.253 e. The van der Waals surface area contributed by atoms with Crippen molar-refractivity contribution < 1.29 is 4.79 Å². The molecule has 6 heteroatoms. The summed E-state index contributed by atoms with van der Waals surface area (Å²) in [5.41, 5.74) is 0.537. The van der Waals surface area contributed by atoms with Crippen LogP contribution in [0, 0.1) is 0 Å². The highest BCUT2D eigenvalue weighted by Gasteiger charge is 2.07. The van der Waals surface area contributed by atoms with Gasteiger partial charge in [0.2, 0.25) is 0 Å². The Morgan fingerprint density at radius 1 is 1.53 bits per heavy atom. The summed E-state index contributed by atoms with van der Waals surface area (Å²) in [4.78, 5) is 15.6. The van der Waals surface area contributed by atoms with Crippen molar-refractivity contribution in [2.24, 2.45) is 0 Å². The van der Waals surface area contributed by atoms with E-state index in [0.717, 1.165) is 12.4 Å². The minimum Gasteiger partial charge on any atom is -0.345 e. The summed E-state index contributed by atoms with van der Waals surface area (Å²) in [6.45, 7) is 3.14. The number of hydrogen-bond donors (Lipinski definition) is 1. The summed E-state index contributed by atoms with van der Waals surface area (Å²) >= 11 is 0. The van der Waals surface area contributed by atoms with E-state index in [4.69, 9.17) is 0 Å². The van der Waals surface area contributed by atoms with Crippen LogP contribution in [-0.4, -0.2) is 25.7 Å². The summed E-state index contributed by atoms with van der Waals surface area (Å²) in [5.74, 6) is 0.577. The lowest BCUT2D eigenvalue weighted by Gasteiger charge is -2.05. The SMILES string of the molecule is CCn1cnnc1CNC(=O)c1cccnc1. The van der Waals surface area contributed by atoms with Crippen LogP contribution in [0.15, 0.2) is 30.9 Å². The van der Waals surface area contributed by atoms with Crippen LogP contribution < -0.4 is 5.32 Å². The summed E-state index contributed by atoms with van der Waals surface area (Å²) in [6.07, 6.45) is 4.80. The summed E-state index contributed by atoms with van der Waals surface area (Å²) < 4.78 is 1.88. The van der Waals surface area contributed by atoms with Crippen molar-refractivity contribution in [2.45, 2.75) is 20.0 Å². The minimum atomic E-state index is -0.163. The number of amides is 1. The van der Waals surface area contributed by atoms with Crippen molar-refractivity contribution in [1.82, 2.24) is 25.1 Å². The van der Waals surface area contributed by atoms with E-state index < -0.39 is 0 Å². The maximum atomic E-state index is 11.7. The van der Waals surface area contributed by atoms with Gasteiger partial charge in [0.1, 0.15) is 6.33 Å². The molecule has 2 rings (SSSR count). The molecule has 0 aliphatic rings. The highest BCUT2D eigenvalue weighted by Crippen LogP contribution is 1.98. The molecule has 0 atom stereocenters. The van der Waals surface area contributed by atoms with E-state index in [1.165, 1.54) is 6.20 Å². The molecule has 1 N–H and O–H groups in total. The number of hydrogen-bond acceptors (Lipinski definition) is 4. The molecule has 0 saturated carbocycles. The minimum absolute atomic E-state index is 0.163. The third-order valence-corrected chi connectivity index (χ3v) is 2.37. The third kappa shape index (κ3) is 2.66. The molecular formula is C11H13N5O. The fourth-order valence-corrected chi connectivity index (χ4v) is 1.44. The zero-order valence-corrected chi connectivity index (χ0v) is 9.50. The molecule has 0 aliphatic carbocycles. The Bertz CT molecular complexity index is 494. The van der Waals surface area contributed by atoms with Crippen LogP contribution in [0.4, 0.5) is 0 Å². The lowest BCUT2D eigenvalue weighted by atomic mass is 10.3. The molecular weight excluding hydrogens is 218 g/mol. The topological polar surface area (TPSA) is 72.7 Å². The first-order valence-corrected chi connectivity index (χ1v) is 5.36. The second-order valence-electron chi connectivity index (χ2n) is 3.46. The maximum Gasteiger partial charge on any atom is 0.253 e. The largest absolute Gasteiger partial charge is 0.345 e. The first-order chi connectivity index (χ1) is 8.31. The fourth-order valence-electron chi connectivity index (χ4n) is 1.44. The molecule has 1 amide bonds. The quantitative estimate of drug-likeness (QED) is 0.837. The van der Waals surface area contributed by atoms with E-state index in [1.54, 1.807) is 24.7 Å². The Labute approximate surface area is 98.7 Å². The predicted molar refractivity (Wildman–Crippen MR) is 61.1 cm³/mol. The van der Waals surface area contributed by atoms with Crippen molar-refractivity contribution in [3.8, 4) is 0 Å². The van der Waals surface area contributed by atoms with Gasteiger partial charge < -0.3 is 9.88 Å². The summed E-state index contributed by atoms with van der Waals surface area (Å²) in [5, 5.41) is 10.5.